The van der Waals surface area contributed by atoms with E-state index in [4.69, 9.17) is 15.6 Å². The zero-order chi connectivity index (χ0) is 13.8. The highest BCUT2D eigenvalue weighted by atomic mass is 19.1. The van der Waals surface area contributed by atoms with Crippen molar-refractivity contribution in [1.29, 1.82) is 0 Å². The van der Waals surface area contributed by atoms with E-state index >= 15 is 0 Å². The number of nitrogens with one attached hydrogen (secondary N) is 1. The summed E-state index contributed by atoms with van der Waals surface area (Å²) in [5, 5.41) is 11.4. The molecule has 0 spiro atoms. The smallest absolute Gasteiger partial charge is 0.414 e. The van der Waals surface area contributed by atoms with E-state index in [-0.39, 0.29) is 31.5 Å². The molecule has 6 nitrogen and oxygen atoms in total. The second-order valence-electron chi connectivity index (χ2n) is 4.17. The standard InChI is InChI=1S/C12H16FN3O3/c13-10-5-8(1-2-11(10)15-3-4-17)16-7-9(6-14)19-12(16)18/h1-2,5,9,15,17H,3-4,6-7,14H2/t9-/m0/s1. The number of nitrogens with two attached hydrogens (primary N) is 1. The molecule has 0 radical (unpaired) electrons. The van der Waals surface area contributed by atoms with E-state index in [0.717, 1.165) is 0 Å². The Kier molecular flexibility index (Phi) is 4.18. The van der Waals surface area contributed by atoms with Crippen molar-refractivity contribution in [2.24, 2.45) is 5.73 Å². The first kappa shape index (κ1) is 13.6. The van der Waals surface area contributed by atoms with Crippen LogP contribution in [0.15, 0.2) is 18.2 Å². The van der Waals surface area contributed by atoms with Crippen LogP contribution in [0.5, 0.6) is 0 Å². The average molecular weight is 269 g/mol. The number of anilines is 2. The number of aliphatic hydroxyl groups is 1. The van der Waals surface area contributed by atoms with Crippen LogP contribution in [0.1, 0.15) is 0 Å². The number of hydrogen-bond donors (Lipinski definition) is 3. The van der Waals surface area contributed by atoms with Crippen LogP contribution in [-0.2, 0) is 4.74 Å². The molecule has 0 bridgehead atoms. The molecule has 0 unspecified atom stereocenters. The van der Waals surface area contributed by atoms with Crippen LogP contribution < -0.4 is 16.0 Å². The molecule has 1 fully saturated rings. The van der Waals surface area contributed by atoms with Crippen LogP contribution >= 0.6 is 0 Å². The van der Waals surface area contributed by atoms with E-state index in [9.17, 15) is 9.18 Å². The maximum absolute atomic E-state index is 13.8. The number of carbonyl (C=O) groups excluding carboxylic acids is 1. The quantitative estimate of drug-likeness (QED) is 0.725. The number of amides is 1. The van der Waals surface area contributed by atoms with E-state index < -0.39 is 11.9 Å². The highest BCUT2D eigenvalue weighted by molar-refractivity contribution is 5.90. The minimum atomic E-state index is -0.522. The lowest BCUT2D eigenvalue weighted by Crippen LogP contribution is -2.27. The highest BCUT2D eigenvalue weighted by Gasteiger charge is 2.31. The summed E-state index contributed by atoms with van der Waals surface area (Å²) in [6.07, 6.45) is -0.881. The Balaban J connectivity index is 2.13. The average Bonchev–Trinajstić information content (AvgIpc) is 2.78. The van der Waals surface area contributed by atoms with E-state index in [1.54, 1.807) is 6.07 Å². The number of carbonyl (C=O) groups is 1. The molecule has 4 N–H and O–H groups in total. The van der Waals surface area contributed by atoms with Crippen LogP contribution in [0.25, 0.3) is 0 Å². The molecule has 0 aromatic heterocycles. The maximum atomic E-state index is 13.8. The molecule has 1 amide bonds. The Morgan fingerprint density at radius 3 is 2.95 bits per heavy atom. The van der Waals surface area contributed by atoms with Crippen molar-refractivity contribution in [1.82, 2.24) is 0 Å². The molecule has 19 heavy (non-hydrogen) atoms. The second-order valence-corrected chi connectivity index (χ2v) is 4.17. The van der Waals surface area contributed by atoms with Gasteiger partial charge in [-0.2, -0.15) is 0 Å². The lowest BCUT2D eigenvalue weighted by molar-refractivity contribution is 0.145. The molecule has 0 saturated carbocycles. The van der Waals surface area contributed by atoms with E-state index in [0.29, 0.717) is 12.2 Å². The molecule has 1 atom stereocenters. The van der Waals surface area contributed by atoms with Crippen LogP contribution in [0.4, 0.5) is 20.6 Å². The number of halogens is 1. The van der Waals surface area contributed by atoms with E-state index in [1.807, 2.05) is 0 Å². The van der Waals surface area contributed by atoms with E-state index in [1.165, 1.54) is 17.0 Å². The lowest BCUT2D eigenvalue weighted by Gasteiger charge is -2.14. The molecule has 0 aliphatic carbocycles. The van der Waals surface area contributed by atoms with Gasteiger partial charge in [0, 0.05) is 13.1 Å². The zero-order valence-electron chi connectivity index (χ0n) is 10.3. The number of hydrogen-bond acceptors (Lipinski definition) is 5. The van der Waals surface area contributed by atoms with Crippen molar-refractivity contribution in [2.75, 3.05) is 36.5 Å². The van der Waals surface area contributed by atoms with Crippen molar-refractivity contribution in [3.8, 4) is 0 Å². The van der Waals surface area contributed by atoms with Crippen molar-refractivity contribution < 1.29 is 19.0 Å². The van der Waals surface area contributed by atoms with Gasteiger partial charge in [-0.25, -0.2) is 9.18 Å². The molecule has 1 heterocycles. The Labute approximate surface area is 109 Å². The number of aliphatic hydroxyl groups excluding tert-OH is 1. The summed E-state index contributed by atoms with van der Waals surface area (Å²) >= 11 is 0. The Hall–Kier alpha value is -1.86. The first-order chi connectivity index (χ1) is 9.15. The normalized spacial score (nSPS) is 18.6. The minimum absolute atomic E-state index is 0.0855. The van der Waals surface area contributed by atoms with Crippen molar-refractivity contribution in [3.05, 3.63) is 24.0 Å². The lowest BCUT2D eigenvalue weighted by atomic mass is 10.2. The summed E-state index contributed by atoms with van der Waals surface area (Å²) in [7, 11) is 0. The molecule has 1 saturated heterocycles. The molecule has 1 aliphatic heterocycles. The predicted molar refractivity (Wildman–Crippen MR) is 68.6 cm³/mol. The summed E-state index contributed by atoms with van der Waals surface area (Å²) in [4.78, 5) is 12.9. The summed E-state index contributed by atoms with van der Waals surface area (Å²) in [6.45, 7) is 0.730. The van der Waals surface area contributed by atoms with Gasteiger partial charge >= 0.3 is 6.09 Å². The van der Waals surface area contributed by atoms with Crippen LogP contribution in [-0.4, -0.2) is 43.5 Å². The summed E-state index contributed by atoms with van der Waals surface area (Å²) in [5.41, 5.74) is 6.14. The molecule has 2 rings (SSSR count). The first-order valence-corrected chi connectivity index (χ1v) is 5.98. The molecular weight excluding hydrogens is 253 g/mol. The number of rotatable bonds is 5. The fraction of sp³-hybridized carbons (Fsp3) is 0.417. The Morgan fingerprint density at radius 2 is 2.37 bits per heavy atom. The first-order valence-electron chi connectivity index (χ1n) is 5.98. The minimum Gasteiger partial charge on any atom is -0.443 e. The SMILES string of the molecule is NC[C@H]1CN(c2ccc(NCCO)c(F)c2)C(=O)O1. The van der Waals surface area contributed by atoms with Crippen molar-refractivity contribution >= 4 is 17.5 Å². The molecular formula is C12H16FN3O3. The van der Waals surface area contributed by atoms with Gasteiger partial charge in [0.05, 0.1) is 24.5 Å². The van der Waals surface area contributed by atoms with E-state index in [2.05, 4.69) is 5.32 Å². The highest BCUT2D eigenvalue weighted by Crippen LogP contribution is 2.25. The largest absolute Gasteiger partial charge is 0.443 e. The van der Waals surface area contributed by atoms with Crippen LogP contribution in [0.2, 0.25) is 0 Å². The fourth-order valence-electron chi connectivity index (χ4n) is 1.86. The summed E-state index contributed by atoms with van der Waals surface area (Å²) < 4.78 is 18.8. The Morgan fingerprint density at radius 1 is 1.58 bits per heavy atom. The Bertz CT molecular complexity index is 470. The number of cyclic esters (lactones) is 1. The zero-order valence-corrected chi connectivity index (χ0v) is 10.3. The molecule has 104 valence electrons. The van der Waals surface area contributed by atoms with Gasteiger partial charge in [-0.05, 0) is 18.2 Å². The maximum Gasteiger partial charge on any atom is 0.414 e. The van der Waals surface area contributed by atoms with Crippen LogP contribution in [0, 0.1) is 5.82 Å². The van der Waals surface area contributed by atoms with Gasteiger partial charge < -0.3 is 20.9 Å². The summed E-state index contributed by atoms with van der Waals surface area (Å²) in [5.74, 6) is -0.491. The molecule has 1 aromatic carbocycles. The molecule has 1 aliphatic rings. The van der Waals surface area contributed by atoms with Gasteiger partial charge in [-0.3, -0.25) is 4.90 Å². The summed E-state index contributed by atoms with van der Waals surface area (Å²) in [6, 6.07) is 4.38. The van der Waals surface area contributed by atoms with Crippen LogP contribution in [0.3, 0.4) is 0 Å². The fourth-order valence-corrected chi connectivity index (χ4v) is 1.86. The second kappa shape index (κ2) is 5.85. The molecule has 7 heteroatoms. The van der Waals surface area contributed by atoms with Gasteiger partial charge in [0.1, 0.15) is 11.9 Å². The van der Waals surface area contributed by atoms with Crippen molar-refractivity contribution in [2.45, 2.75) is 6.10 Å². The predicted octanol–water partition coefficient (Wildman–Crippen LogP) is 0.514. The third-order valence-electron chi connectivity index (χ3n) is 2.83. The number of nitrogens with zero attached hydrogens (tertiary/aromatic N) is 1. The van der Waals surface area contributed by atoms with Crippen molar-refractivity contribution in [3.63, 3.8) is 0 Å². The van der Waals surface area contributed by atoms with Gasteiger partial charge in [0.2, 0.25) is 0 Å². The monoisotopic (exact) mass is 269 g/mol. The topological polar surface area (TPSA) is 87.8 Å². The van der Waals surface area contributed by atoms with Gasteiger partial charge in [0.25, 0.3) is 0 Å². The molecule has 1 aromatic rings. The number of ether oxygens (including phenoxy) is 1. The third-order valence-corrected chi connectivity index (χ3v) is 2.83. The van der Waals surface area contributed by atoms with Gasteiger partial charge in [-0.15, -0.1) is 0 Å². The third kappa shape index (κ3) is 2.94. The van der Waals surface area contributed by atoms with Gasteiger partial charge in [-0.1, -0.05) is 0 Å². The number of benzene rings is 1. The van der Waals surface area contributed by atoms with Gasteiger partial charge in [0.15, 0.2) is 0 Å².